The molecule has 8 nitrogen and oxygen atoms in total. The second-order valence-electron chi connectivity index (χ2n) is 4.41. The smallest absolute Gasteiger partial charge is 0.322 e. The number of imidazole rings is 1. The molecular weight excluding hydrogens is 248 g/mol. The summed E-state index contributed by atoms with van der Waals surface area (Å²) in [6, 6.07) is 0.183. The van der Waals surface area contributed by atoms with E-state index in [4.69, 9.17) is 4.42 Å². The molecule has 8 heteroatoms. The molecule has 1 aliphatic heterocycles. The van der Waals surface area contributed by atoms with Gasteiger partial charge in [0.05, 0.1) is 6.04 Å². The van der Waals surface area contributed by atoms with Gasteiger partial charge >= 0.3 is 6.01 Å². The number of anilines is 1. The van der Waals surface area contributed by atoms with Gasteiger partial charge in [0.15, 0.2) is 5.82 Å². The highest BCUT2D eigenvalue weighted by Gasteiger charge is 2.23. The van der Waals surface area contributed by atoms with Crippen LogP contribution in [0.25, 0.3) is 0 Å². The third kappa shape index (κ3) is 2.34. The zero-order chi connectivity index (χ0) is 13.2. The molecule has 1 aliphatic rings. The van der Waals surface area contributed by atoms with Crippen molar-refractivity contribution in [3.05, 3.63) is 24.1 Å². The minimum Gasteiger partial charge on any atom is -0.406 e. The first kappa shape index (κ1) is 11.8. The van der Waals surface area contributed by atoms with Gasteiger partial charge in [0.25, 0.3) is 5.91 Å². The highest BCUT2D eigenvalue weighted by Crippen LogP contribution is 2.22. The molecule has 0 aromatic carbocycles. The van der Waals surface area contributed by atoms with Crippen LogP contribution in [0.1, 0.15) is 35.4 Å². The predicted octanol–water partition coefficient (Wildman–Crippen LogP) is 0.480. The van der Waals surface area contributed by atoms with Crippen LogP contribution in [0.3, 0.4) is 0 Å². The van der Waals surface area contributed by atoms with Crippen molar-refractivity contribution < 1.29 is 9.21 Å². The van der Waals surface area contributed by atoms with Crippen molar-refractivity contribution in [1.82, 2.24) is 25.1 Å². The van der Waals surface area contributed by atoms with E-state index in [0.29, 0.717) is 11.7 Å². The maximum atomic E-state index is 11.9. The summed E-state index contributed by atoms with van der Waals surface area (Å²) >= 11 is 0. The molecule has 1 saturated heterocycles. The van der Waals surface area contributed by atoms with E-state index in [9.17, 15) is 4.79 Å². The Balaban J connectivity index is 1.70. The van der Waals surface area contributed by atoms with Crippen LogP contribution in [0.2, 0.25) is 0 Å². The van der Waals surface area contributed by atoms with E-state index in [1.165, 1.54) is 0 Å². The number of nitrogens with zero attached hydrogens (tertiary/aromatic N) is 4. The number of hydrogen-bond acceptors (Lipinski definition) is 6. The Labute approximate surface area is 109 Å². The lowest BCUT2D eigenvalue weighted by Gasteiger charge is -2.03. The summed E-state index contributed by atoms with van der Waals surface area (Å²) in [5.74, 6) is 0.425. The number of amides is 1. The fourth-order valence-electron chi connectivity index (χ4n) is 2.06. The SMILES string of the molecule is Cn1ccnc1C(=O)Nc1nnc(C2CCCN2)o1. The molecule has 0 aliphatic carbocycles. The Kier molecular flexibility index (Phi) is 3.00. The van der Waals surface area contributed by atoms with Crippen molar-refractivity contribution >= 4 is 11.9 Å². The van der Waals surface area contributed by atoms with Gasteiger partial charge in [-0.25, -0.2) is 4.98 Å². The first-order chi connectivity index (χ1) is 9.24. The van der Waals surface area contributed by atoms with Crippen molar-refractivity contribution in [3.63, 3.8) is 0 Å². The average molecular weight is 262 g/mol. The van der Waals surface area contributed by atoms with E-state index in [0.717, 1.165) is 19.4 Å². The van der Waals surface area contributed by atoms with Gasteiger partial charge in [0.2, 0.25) is 5.89 Å². The lowest BCUT2D eigenvalue weighted by molar-refractivity contribution is 0.101. The summed E-state index contributed by atoms with van der Waals surface area (Å²) in [7, 11) is 1.74. The molecule has 1 fully saturated rings. The number of aromatic nitrogens is 4. The molecule has 1 atom stereocenters. The molecule has 2 aromatic heterocycles. The van der Waals surface area contributed by atoms with Crippen LogP contribution in [0.4, 0.5) is 6.01 Å². The van der Waals surface area contributed by atoms with Crippen molar-refractivity contribution in [2.45, 2.75) is 18.9 Å². The van der Waals surface area contributed by atoms with Gasteiger partial charge in [-0.1, -0.05) is 5.10 Å². The molecular formula is C11H14N6O2. The number of rotatable bonds is 3. The molecule has 3 rings (SSSR count). The van der Waals surface area contributed by atoms with E-state index in [2.05, 4.69) is 25.8 Å². The molecule has 3 heterocycles. The summed E-state index contributed by atoms with van der Waals surface area (Å²) in [4.78, 5) is 15.8. The van der Waals surface area contributed by atoms with Gasteiger partial charge < -0.3 is 14.3 Å². The number of carbonyl (C=O) groups is 1. The Bertz CT molecular complexity index is 584. The van der Waals surface area contributed by atoms with E-state index < -0.39 is 0 Å². The zero-order valence-electron chi connectivity index (χ0n) is 10.5. The largest absolute Gasteiger partial charge is 0.406 e. The first-order valence-electron chi connectivity index (χ1n) is 6.09. The summed E-state index contributed by atoms with van der Waals surface area (Å²) < 4.78 is 7.04. The zero-order valence-corrected chi connectivity index (χ0v) is 10.5. The Hall–Kier alpha value is -2.22. The Morgan fingerprint density at radius 2 is 2.47 bits per heavy atom. The minimum atomic E-state index is -0.373. The van der Waals surface area contributed by atoms with E-state index >= 15 is 0 Å². The normalized spacial score (nSPS) is 18.7. The quantitative estimate of drug-likeness (QED) is 0.835. The molecule has 1 amide bonds. The van der Waals surface area contributed by atoms with Gasteiger partial charge in [0, 0.05) is 19.4 Å². The average Bonchev–Trinajstić information content (AvgIpc) is 3.07. The van der Waals surface area contributed by atoms with Gasteiger partial charge in [0.1, 0.15) is 0 Å². The van der Waals surface area contributed by atoms with Gasteiger partial charge in [-0.3, -0.25) is 10.1 Å². The second kappa shape index (κ2) is 4.81. The molecule has 0 bridgehead atoms. The number of nitrogens with one attached hydrogen (secondary N) is 2. The third-order valence-electron chi connectivity index (χ3n) is 3.04. The highest BCUT2D eigenvalue weighted by molar-refractivity contribution is 6.00. The van der Waals surface area contributed by atoms with Crippen molar-refractivity contribution in [2.75, 3.05) is 11.9 Å². The van der Waals surface area contributed by atoms with E-state index in [-0.39, 0.29) is 18.0 Å². The molecule has 0 saturated carbocycles. The van der Waals surface area contributed by atoms with Gasteiger partial charge in [-0.2, -0.15) is 0 Å². The fourth-order valence-corrected chi connectivity index (χ4v) is 2.06. The van der Waals surface area contributed by atoms with Crippen LogP contribution in [0, 0.1) is 0 Å². The standard InChI is InChI=1S/C11H14N6O2/c1-17-6-5-13-8(17)9(18)14-11-16-15-10(19-11)7-3-2-4-12-7/h5-7,12H,2-4H2,1H3,(H,14,16,18). The molecule has 1 unspecified atom stereocenters. The van der Waals surface area contributed by atoms with Crippen LogP contribution in [0.15, 0.2) is 16.8 Å². The number of aryl methyl sites for hydroxylation is 1. The fraction of sp³-hybridized carbons (Fsp3) is 0.455. The van der Waals surface area contributed by atoms with Crippen LogP contribution in [-0.4, -0.2) is 32.2 Å². The second-order valence-corrected chi connectivity index (χ2v) is 4.41. The molecule has 0 radical (unpaired) electrons. The Morgan fingerprint density at radius 1 is 1.58 bits per heavy atom. The summed E-state index contributed by atoms with van der Waals surface area (Å²) in [5.41, 5.74) is 0. The van der Waals surface area contributed by atoms with Gasteiger partial charge in [-0.05, 0) is 19.4 Å². The highest BCUT2D eigenvalue weighted by atomic mass is 16.4. The monoisotopic (exact) mass is 262 g/mol. The summed E-state index contributed by atoms with van der Waals surface area (Å²) in [5, 5.41) is 13.5. The number of hydrogen-bond donors (Lipinski definition) is 2. The maximum absolute atomic E-state index is 11.9. The van der Waals surface area contributed by atoms with Crippen LogP contribution >= 0.6 is 0 Å². The minimum absolute atomic E-state index is 0.0892. The maximum Gasteiger partial charge on any atom is 0.322 e. The van der Waals surface area contributed by atoms with Crippen LogP contribution in [-0.2, 0) is 7.05 Å². The first-order valence-corrected chi connectivity index (χ1v) is 6.09. The molecule has 2 aromatic rings. The Morgan fingerprint density at radius 3 is 3.16 bits per heavy atom. The van der Waals surface area contributed by atoms with E-state index in [1.54, 1.807) is 24.0 Å². The lowest BCUT2D eigenvalue weighted by Crippen LogP contribution is -2.17. The van der Waals surface area contributed by atoms with Gasteiger partial charge in [-0.15, -0.1) is 5.10 Å². The van der Waals surface area contributed by atoms with Crippen molar-refractivity contribution in [3.8, 4) is 0 Å². The summed E-state index contributed by atoms with van der Waals surface area (Å²) in [6.07, 6.45) is 5.30. The topological polar surface area (TPSA) is 97.9 Å². The van der Waals surface area contributed by atoms with Crippen molar-refractivity contribution in [2.24, 2.45) is 7.05 Å². The molecule has 2 N–H and O–H groups in total. The van der Waals surface area contributed by atoms with Crippen molar-refractivity contribution in [1.29, 1.82) is 0 Å². The molecule has 19 heavy (non-hydrogen) atoms. The van der Waals surface area contributed by atoms with Crippen LogP contribution in [0.5, 0.6) is 0 Å². The van der Waals surface area contributed by atoms with E-state index in [1.807, 2.05) is 0 Å². The third-order valence-corrected chi connectivity index (χ3v) is 3.04. The summed E-state index contributed by atoms with van der Waals surface area (Å²) in [6.45, 7) is 0.946. The van der Waals surface area contributed by atoms with Crippen LogP contribution < -0.4 is 10.6 Å². The predicted molar refractivity (Wildman–Crippen MR) is 65.4 cm³/mol. The molecule has 0 spiro atoms. The lowest BCUT2D eigenvalue weighted by atomic mass is 10.2. The molecule has 100 valence electrons. The number of carbonyl (C=O) groups excluding carboxylic acids is 1.